The first-order chi connectivity index (χ1) is 9.73. The Morgan fingerprint density at radius 2 is 1.76 bits per heavy atom. The van der Waals surface area contributed by atoms with Crippen molar-refractivity contribution in [3.05, 3.63) is 25.9 Å². The molecule has 1 aromatic rings. The van der Waals surface area contributed by atoms with E-state index in [1.807, 2.05) is 13.8 Å². The highest BCUT2D eigenvalue weighted by Gasteiger charge is 2.22. The zero-order valence-corrected chi connectivity index (χ0v) is 14.2. The van der Waals surface area contributed by atoms with Crippen molar-refractivity contribution in [1.82, 2.24) is 10.3 Å². The zero-order valence-electron chi connectivity index (χ0n) is 11.2. The Balaban J connectivity index is 2.71. The van der Waals surface area contributed by atoms with Crippen LogP contribution in [-0.4, -0.2) is 30.0 Å². The third-order valence-corrected chi connectivity index (χ3v) is 3.90. The number of carbonyl (C=O) groups excluding carboxylic acids is 2. The summed E-state index contributed by atoms with van der Waals surface area (Å²) < 4.78 is 4.79. The van der Waals surface area contributed by atoms with Gasteiger partial charge in [0.05, 0.1) is 15.1 Å². The van der Waals surface area contributed by atoms with Crippen LogP contribution in [0.15, 0.2) is 0 Å². The van der Waals surface area contributed by atoms with Crippen LogP contribution in [0.4, 0.5) is 0 Å². The maximum Gasteiger partial charge on any atom is 0.359 e. The summed E-state index contributed by atoms with van der Waals surface area (Å²) in [6, 6.07) is 0. The van der Waals surface area contributed by atoms with E-state index < -0.39 is 18.5 Å². The average molecular weight is 374 g/mol. The van der Waals surface area contributed by atoms with E-state index in [9.17, 15) is 9.59 Å². The first kappa shape index (κ1) is 18.3. The van der Waals surface area contributed by atoms with Crippen molar-refractivity contribution in [2.75, 3.05) is 13.2 Å². The summed E-state index contributed by atoms with van der Waals surface area (Å²) >= 11 is 23.1. The van der Waals surface area contributed by atoms with Crippen molar-refractivity contribution in [1.29, 1.82) is 0 Å². The molecule has 0 radical (unpaired) electrons. The maximum absolute atomic E-state index is 11.8. The molecule has 0 aliphatic heterocycles. The second kappa shape index (κ2) is 8.03. The van der Waals surface area contributed by atoms with Gasteiger partial charge >= 0.3 is 5.97 Å². The molecule has 1 amide bonds. The van der Waals surface area contributed by atoms with Crippen molar-refractivity contribution in [3.8, 4) is 0 Å². The normalized spacial score (nSPS) is 10.6. The first-order valence-electron chi connectivity index (χ1n) is 5.87. The molecular formula is C12H12Cl4N2O3. The highest BCUT2D eigenvalue weighted by atomic mass is 35.5. The third kappa shape index (κ3) is 5.18. The van der Waals surface area contributed by atoms with Gasteiger partial charge in [-0.25, -0.2) is 9.78 Å². The van der Waals surface area contributed by atoms with E-state index in [0.717, 1.165) is 0 Å². The number of hydrogen-bond donors (Lipinski definition) is 1. The Morgan fingerprint density at radius 3 is 2.33 bits per heavy atom. The number of amides is 1. The van der Waals surface area contributed by atoms with Crippen LogP contribution in [0.1, 0.15) is 24.3 Å². The van der Waals surface area contributed by atoms with Crippen LogP contribution in [0.3, 0.4) is 0 Å². The van der Waals surface area contributed by atoms with E-state index in [2.05, 4.69) is 10.3 Å². The molecule has 0 saturated heterocycles. The molecule has 9 heteroatoms. The Bertz CT molecular complexity index is 564. The van der Waals surface area contributed by atoms with E-state index in [1.165, 1.54) is 0 Å². The van der Waals surface area contributed by atoms with Gasteiger partial charge in [-0.15, -0.1) is 0 Å². The summed E-state index contributed by atoms with van der Waals surface area (Å²) in [5.41, 5.74) is -0.298. The molecule has 1 rings (SSSR count). The Kier molecular flexibility index (Phi) is 7.00. The molecule has 0 aliphatic carbocycles. The first-order valence-corrected chi connectivity index (χ1v) is 7.39. The fraction of sp³-hybridized carbons (Fsp3) is 0.417. The fourth-order valence-corrected chi connectivity index (χ4v) is 2.00. The lowest BCUT2D eigenvalue weighted by Gasteiger charge is -2.09. The number of carbonyl (C=O) groups is 2. The number of esters is 1. The van der Waals surface area contributed by atoms with Crippen LogP contribution in [0.2, 0.25) is 20.2 Å². The number of pyridine rings is 1. The number of ether oxygens (including phenoxy) is 1. The number of nitrogens with one attached hydrogen (secondary N) is 1. The summed E-state index contributed by atoms with van der Waals surface area (Å²) in [6.45, 7) is 3.90. The van der Waals surface area contributed by atoms with Crippen LogP contribution in [0.25, 0.3) is 0 Å². The highest BCUT2D eigenvalue weighted by molar-refractivity contribution is 6.52. The zero-order chi connectivity index (χ0) is 16.2. The van der Waals surface area contributed by atoms with Crippen molar-refractivity contribution >= 4 is 58.3 Å². The van der Waals surface area contributed by atoms with Gasteiger partial charge in [-0.1, -0.05) is 60.3 Å². The van der Waals surface area contributed by atoms with Crippen molar-refractivity contribution in [2.24, 2.45) is 5.92 Å². The van der Waals surface area contributed by atoms with Crippen LogP contribution >= 0.6 is 46.4 Å². The molecule has 0 unspecified atom stereocenters. The number of aromatic nitrogens is 1. The Morgan fingerprint density at radius 1 is 1.14 bits per heavy atom. The van der Waals surface area contributed by atoms with Gasteiger partial charge in [0.2, 0.25) is 0 Å². The van der Waals surface area contributed by atoms with Gasteiger partial charge in [-0.05, 0) is 5.92 Å². The van der Waals surface area contributed by atoms with Gasteiger partial charge < -0.3 is 10.1 Å². The molecule has 5 nitrogen and oxygen atoms in total. The van der Waals surface area contributed by atoms with E-state index in [1.54, 1.807) is 0 Å². The molecule has 1 N–H and O–H groups in total. The van der Waals surface area contributed by atoms with Crippen molar-refractivity contribution in [3.63, 3.8) is 0 Å². The standard InChI is InChI=1S/C12H12Cl4N2O3/c1-5(2)3-17-6(19)4-21-12(20)10-8(14)7(13)9(15)11(16)18-10/h5H,3-4H2,1-2H3,(H,17,19). The smallest absolute Gasteiger partial charge is 0.359 e. The quantitative estimate of drug-likeness (QED) is 0.632. The molecule has 0 bridgehead atoms. The fourth-order valence-electron chi connectivity index (χ4n) is 1.19. The average Bonchev–Trinajstić information content (AvgIpc) is 2.44. The number of hydrogen-bond acceptors (Lipinski definition) is 4. The molecule has 21 heavy (non-hydrogen) atoms. The minimum absolute atomic E-state index is 0.0606. The van der Waals surface area contributed by atoms with Crippen LogP contribution in [0.5, 0.6) is 0 Å². The van der Waals surface area contributed by atoms with Gasteiger partial charge in [0.15, 0.2) is 12.3 Å². The lowest BCUT2D eigenvalue weighted by molar-refractivity contribution is -0.124. The Hall–Kier alpha value is -0.750. The second-order valence-electron chi connectivity index (χ2n) is 4.47. The monoisotopic (exact) mass is 372 g/mol. The maximum atomic E-state index is 11.8. The van der Waals surface area contributed by atoms with Crippen LogP contribution in [-0.2, 0) is 9.53 Å². The lowest BCUT2D eigenvalue weighted by Crippen LogP contribution is -2.31. The molecular weight excluding hydrogens is 362 g/mol. The largest absolute Gasteiger partial charge is 0.451 e. The summed E-state index contributed by atoms with van der Waals surface area (Å²) in [4.78, 5) is 27.0. The van der Waals surface area contributed by atoms with E-state index >= 15 is 0 Å². The highest BCUT2D eigenvalue weighted by Crippen LogP contribution is 2.36. The van der Waals surface area contributed by atoms with Gasteiger partial charge in [-0.3, -0.25) is 4.79 Å². The van der Waals surface area contributed by atoms with Crippen molar-refractivity contribution in [2.45, 2.75) is 13.8 Å². The van der Waals surface area contributed by atoms with E-state index in [4.69, 9.17) is 51.1 Å². The third-order valence-electron chi connectivity index (χ3n) is 2.22. The van der Waals surface area contributed by atoms with Crippen LogP contribution < -0.4 is 5.32 Å². The lowest BCUT2D eigenvalue weighted by atomic mass is 10.2. The van der Waals surface area contributed by atoms with Gasteiger partial charge in [-0.2, -0.15) is 0 Å². The molecule has 0 atom stereocenters. The SMILES string of the molecule is CC(C)CNC(=O)COC(=O)c1nc(Cl)c(Cl)c(Cl)c1Cl. The van der Waals surface area contributed by atoms with Gasteiger partial charge in [0.1, 0.15) is 5.15 Å². The molecule has 0 aliphatic rings. The minimum atomic E-state index is -0.917. The topological polar surface area (TPSA) is 68.3 Å². The predicted molar refractivity (Wildman–Crippen MR) is 82.4 cm³/mol. The minimum Gasteiger partial charge on any atom is -0.451 e. The molecule has 0 aromatic carbocycles. The van der Waals surface area contributed by atoms with Gasteiger partial charge in [0, 0.05) is 6.54 Å². The number of nitrogens with zero attached hydrogens (tertiary/aromatic N) is 1. The Labute approximate surface area is 141 Å². The summed E-state index contributed by atoms with van der Waals surface area (Å²) in [6.07, 6.45) is 0. The summed E-state index contributed by atoms with van der Waals surface area (Å²) in [5.74, 6) is -1.06. The molecule has 1 heterocycles. The summed E-state index contributed by atoms with van der Waals surface area (Å²) in [5, 5.41) is 2.07. The number of halogens is 4. The molecule has 116 valence electrons. The van der Waals surface area contributed by atoms with Gasteiger partial charge in [0.25, 0.3) is 5.91 Å². The van der Waals surface area contributed by atoms with Crippen molar-refractivity contribution < 1.29 is 14.3 Å². The second-order valence-corrected chi connectivity index (χ2v) is 5.96. The molecule has 0 saturated carbocycles. The molecule has 0 fully saturated rings. The summed E-state index contributed by atoms with van der Waals surface area (Å²) in [7, 11) is 0. The molecule has 1 aromatic heterocycles. The number of rotatable bonds is 5. The van der Waals surface area contributed by atoms with E-state index in [-0.39, 0.29) is 31.8 Å². The van der Waals surface area contributed by atoms with E-state index in [0.29, 0.717) is 6.54 Å². The predicted octanol–water partition coefficient (Wildman–Crippen LogP) is 3.62. The molecule has 0 spiro atoms. The van der Waals surface area contributed by atoms with Crippen LogP contribution in [0, 0.1) is 5.92 Å².